The summed E-state index contributed by atoms with van der Waals surface area (Å²) in [6.07, 6.45) is 7.50. The first-order valence-corrected chi connectivity index (χ1v) is 20.1. The normalized spacial score (nSPS) is 26.6. The predicted molar refractivity (Wildman–Crippen MR) is 184 cm³/mol. The lowest BCUT2D eigenvalue weighted by Crippen LogP contribution is -2.59. The van der Waals surface area contributed by atoms with Crippen LogP contribution in [-0.2, 0) is 40.1 Å². The fraction of sp³-hybridized carbons (Fsp3) is 0.487. The third kappa shape index (κ3) is 7.51. The summed E-state index contributed by atoms with van der Waals surface area (Å²) in [5.74, 6) is -1.05. The fourth-order valence-electron chi connectivity index (χ4n) is 9.05. The van der Waals surface area contributed by atoms with Crippen molar-refractivity contribution >= 4 is 33.0 Å². The van der Waals surface area contributed by atoms with Gasteiger partial charge in [-0.05, 0) is 119 Å². The van der Waals surface area contributed by atoms with Crippen LogP contribution in [0.3, 0.4) is 0 Å². The zero-order valence-corrected chi connectivity index (χ0v) is 29.9. The van der Waals surface area contributed by atoms with Crippen molar-refractivity contribution in [2.45, 2.75) is 103 Å². The minimum absolute atomic E-state index is 0.0146. The van der Waals surface area contributed by atoms with E-state index in [1.807, 2.05) is 6.92 Å². The number of alkyl halides is 2. The van der Waals surface area contributed by atoms with E-state index in [1.54, 1.807) is 0 Å². The lowest BCUT2D eigenvalue weighted by atomic mass is 9.44. The van der Waals surface area contributed by atoms with Crippen molar-refractivity contribution < 1.29 is 40.8 Å². The van der Waals surface area contributed by atoms with Crippen LogP contribution in [0.4, 0.5) is 8.78 Å². The van der Waals surface area contributed by atoms with Crippen LogP contribution < -0.4 is 0 Å². The number of hydrogen-bond donors (Lipinski definition) is 0. The molecule has 0 amide bonds. The van der Waals surface area contributed by atoms with Gasteiger partial charge in [0.15, 0.2) is 31.4 Å². The Morgan fingerprint density at radius 2 is 1.20 bits per heavy atom. The van der Waals surface area contributed by atoms with E-state index in [4.69, 9.17) is 9.47 Å². The molecule has 0 saturated heterocycles. The van der Waals surface area contributed by atoms with E-state index in [0.717, 1.165) is 38.5 Å². The molecule has 4 bridgehead atoms. The van der Waals surface area contributed by atoms with Crippen molar-refractivity contribution in [1.82, 2.24) is 0 Å². The van der Waals surface area contributed by atoms with Crippen molar-refractivity contribution in [3.63, 3.8) is 0 Å². The number of hydrogen-bond acceptors (Lipinski definition) is 7. The van der Waals surface area contributed by atoms with Gasteiger partial charge in [-0.3, -0.25) is 9.59 Å². The second-order valence-electron chi connectivity index (χ2n) is 14.6. The monoisotopic (exact) mass is 726 g/mol. The van der Waals surface area contributed by atoms with Crippen LogP contribution in [0.25, 0.3) is 0 Å². The molecule has 5 aliphatic rings. The maximum atomic E-state index is 13.5. The highest BCUT2D eigenvalue weighted by molar-refractivity contribution is 7.97. The van der Waals surface area contributed by atoms with E-state index in [2.05, 4.69) is 91.0 Å². The lowest BCUT2D eigenvalue weighted by molar-refractivity contribution is -0.204. The number of rotatable bonds is 10. The second kappa shape index (κ2) is 14.4. The third-order valence-electron chi connectivity index (χ3n) is 11.1. The van der Waals surface area contributed by atoms with E-state index < -0.39 is 44.4 Å². The van der Waals surface area contributed by atoms with E-state index >= 15 is 0 Å². The molecule has 5 saturated carbocycles. The lowest BCUT2D eigenvalue weighted by Gasteiger charge is -2.59. The van der Waals surface area contributed by atoms with Crippen LogP contribution in [0, 0.1) is 22.7 Å². The topological polar surface area (TPSA) is 110 Å². The fourth-order valence-corrected chi connectivity index (χ4v) is 11.4. The first kappa shape index (κ1) is 36.5. The maximum Gasteiger partial charge on any atom is 0.367 e. The smallest absolute Gasteiger partial charge is 0.367 e. The minimum atomic E-state index is -5.94. The van der Waals surface area contributed by atoms with Gasteiger partial charge in [0.1, 0.15) is 5.60 Å². The summed E-state index contributed by atoms with van der Waals surface area (Å²) in [5, 5.41) is -4.68. The number of halogens is 2. The van der Waals surface area contributed by atoms with E-state index in [0.29, 0.717) is 25.7 Å². The van der Waals surface area contributed by atoms with Gasteiger partial charge >= 0.3 is 17.2 Å². The van der Waals surface area contributed by atoms with Gasteiger partial charge in [-0.25, -0.2) is 8.42 Å². The third-order valence-corrected chi connectivity index (χ3v) is 14.1. The Hall–Kier alpha value is -3.28. The Kier molecular flexibility index (Phi) is 10.5. The van der Waals surface area contributed by atoms with Gasteiger partial charge in [-0.2, -0.15) is 8.78 Å². The summed E-state index contributed by atoms with van der Waals surface area (Å²) >= 11 is 0. The molecule has 0 spiro atoms. The molecule has 11 heteroatoms. The summed E-state index contributed by atoms with van der Waals surface area (Å²) in [6, 6.07) is 32.2. The molecule has 7 nitrogen and oxygen atoms in total. The molecule has 0 heterocycles. The Balaban J connectivity index is 0.000000194. The number of carbonyl (C=O) groups is 2. The number of ether oxygens (including phenoxy) is 2. The van der Waals surface area contributed by atoms with Crippen molar-refractivity contribution in [1.29, 1.82) is 0 Å². The van der Waals surface area contributed by atoms with Crippen LogP contribution in [0.15, 0.2) is 106 Å². The molecule has 5 fully saturated rings. The average Bonchev–Trinajstić information content (AvgIpc) is 3.57. The Labute approximate surface area is 296 Å². The summed E-state index contributed by atoms with van der Waals surface area (Å²) < 4.78 is 70.0. The SMILES string of the molecule is CCC1(OC(=O)C23CC4CC(CC(C(=O)OCC(F)(F)S(=O)(=O)[O-])(C4)C2)C3)CCCC1.c1ccc([S+](c2ccccc2)c2ccccc2)cc1. The standard InChI is InChI=1S/C21H30F2O7S.C18H15S/c1-2-20(5-3-4-6-20)30-17(25)19-10-14-7-15(11-19)9-18(8-14,12-19)16(24)29-13-21(22,23)31(26,27)28;1-4-10-16(11-5-1)19(17-12-6-2-7-13-17)18-14-8-3-9-15-18/h14-15H,2-13H2,1H3,(H,26,27,28);1-15H/q;+1/p-1. The van der Waals surface area contributed by atoms with E-state index in [9.17, 15) is 31.3 Å². The largest absolute Gasteiger partial charge is 0.743 e. The van der Waals surface area contributed by atoms with Gasteiger partial charge in [0, 0.05) is 0 Å². The zero-order chi connectivity index (χ0) is 35.6. The average molecular weight is 727 g/mol. The predicted octanol–water partition coefficient (Wildman–Crippen LogP) is 8.30. The number of benzene rings is 3. The van der Waals surface area contributed by atoms with Gasteiger partial charge < -0.3 is 14.0 Å². The molecule has 0 N–H and O–H groups in total. The number of carbonyl (C=O) groups excluding carboxylic acids is 2. The second-order valence-corrected chi connectivity index (χ2v) is 18.1. The first-order chi connectivity index (χ1) is 23.8. The highest BCUT2D eigenvalue weighted by Gasteiger charge is 2.65. The molecule has 0 aromatic heterocycles. The summed E-state index contributed by atoms with van der Waals surface area (Å²) in [6.45, 7) is 0.201. The molecule has 8 rings (SSSR count). The van der Waals surface area contributed by atoms with Crippen molar-refractivity contribution in [2.75, 3.05) is 6.61 Å². The Morgan fingerprint density at radius 1 is 0.780 bits per heavy atom. The van der Waals surface area contributed by atoms with Gasteiger partial charge in [0.2, 0.25) is 0 Å². The molecule has 2 unspecified atom stereocenters. The molecule has 5 aliphatic carbocycles. The highest BCUT2D eigenvalue weighted by Crippen LogP contribution is 2.66. The molecule has 3 aromatic rings. The van der Waals surface area contributed by atoms with Crippen LogP contribution in [0.2, 0.25) is 0 Å². The quantitative estimate of drug-likeness (QED) is 0.117. The molecule has 0 radical (unpaired) electrons. The molecular formula is C39H44F2O7S2. The summed E-state index contributed by atoms with van der Waals surface area (Å²) in [4.78, 5) is 30.4. The molecule has 50 heavy (non-hydrogen) atoms. The van der Waals surface area contributed by atoms with E-state index in [-0.39, 0.29) is 35.1 Å². The molecule has 0 aliphatic heterocycles. The summed E-state index contributed by atoms with van der Waals surface area (Å²) in [7, 11) is -5.95. The van der Waals surface area contributed by atoms with Gasteiger partial charge in [-0.1, -0.05) is 61.5 Å². The summed E-state index contributed by atoms with van der Waals surface area (Å²) in [5.41, 5.74) is -2.40. The number of esters is 2. The van der Waals surface area contributed by atoms with Gasteiger partial charge in [0.25, 0.3) is 0 Å². The Morgan fingerprint density at radius 3 is 1.60 bits per heavy atom. The molecule has 268 valence electrons. The van der Waals surface area contributed by atoms with Gasteiger partial charge in [0.05, 0.1) is 21.7 Å². The van der Waals surface area contributed by atoms with Crippen LogP contribution in [0.5, 0.6) is 0 Å². The Bertz CT molecular complexity index is 1640. The van der Waals surface area contributed by atoms with Crippen LogP contribution >= 0.6 is 0 Å². The van der Waals surface area contributed by atoms with Crippen molar-refractivity contribution in [3.05, 3.63) is 91.0 Å². The highest BCUT2D eigenvalue weighted by atomic mass is 32.2. The molecular weight excluding hydrogens is 683 g/mol. The first-order valence-electron chi connectivity index (χ1n) is 17.4. The van der Waals surface area contributed by atoms with Gasteiger partial charge in [-0.15, -0.1) is 0 Å². The minimum Gasteiger partial charge on any atom is -0.743 e. The molecule has 3 aromatic carbocycles. The molecule has 2 atom stereocenters. The van der Waals surface area contributed by atoms with Crippen LogP contribution in [0.1, 0.15) is 77.6 Å². The van der Waals surface area contributed by atoms with Crippen molar-refractivity contribution in [2.24, 2.45) is 22.7 Å². The van der Waals surface area contributed by atoms with Crippen LogP contribution in [-0.4, -0.2) is 42.4 Å². The maximum absolute atomic E-state index is 13.5. The zero-order valence-electron chi connectivity index (χ0n) is 28.2. The van der Waals surface area contributed by atoms with E-state index in [1.165, 1.54) is 14.7 Å². The van der Waals surface area contributed by atoms with Crippen molar-refractivity contribution in [3.8, 4) is 0 Å².